The maximum absolute atomic E-state index is 12.9. The summed E-state index contributed by atoms with van der Waals surface area (Å²) in [6, 6.07) is 8.40. The molecule has 0 aliphatic rings. The van der Waals surface area contributed by atoms with Crippen molar-refractivity contribution in [3.63, 3.8) is 0 Å². The fourth-order valence-electron chi connectivity index (χ4n) is 1.78. The minimum atomic E-state index is -0.457. The van der Waals surface area contributed by atoms with Gasteiger partial charge in [0, 0.05) is 16.6 Å². The Morgan fingerprint density at radius 1 is 1.23 bits per heavy atom. The maximum atomic E-state index is 12.9. The lowest BCUT2D eigenvalue weighted by atomic mass is 10.2. The first-order chi connectivity index (χ1) is 10.5. The molecule has 22 heavy (non-hydrogen) atoms. The number of halogens is 3. The predicted molar refractivity (Wildman–Crippen MR) is 85.3 cm³/mol. The molecule has 2 aromatic carbocycles. The van der Waals surface area contributed by atoms with Crippen molar-refractivity contribution in [1.29, 1.82) is 0 Å². The van der Waals surface area contributed by atoms with Crippen molar-refractivity contribution in [3.8, 4) is 5.75 Å². The molecule has 0 heterocycles. The van der Waals surface area contributed by atoms with Crippen LogP contribution in [0.2, 0.25) is 10.0 Å². The normalized spacial score (nSPS) is 10.2. The summed E-state index contributed by atoms with van der Waals surface area (Å²) in [4.78, 5) is 11.9. The monoisotopic (exact) mass is 342 g/mol. The number of anilines is 1. The van der Waals surface area contributed by atoms with Crippen molar-refractivity contribution in [3.05, 3.63) is 57.8 Å². The number of nitrogens with one attached hydrogen (secondary N) is 2. The Kier molecular flexibility index (Phi) is 5.46. The smallest absolute Gasteiger partial charge is 0.319 e. The molecule has 2 amide bonds. The van der Waals surface area contributed by atoms with Crippen LogP contribution in [0.4, 0.5) is 14.9 Å². The molecule has 0 atom stereocenters. The van der Waals surface area contributed by atoms with Gasteiger partial charge in [0.1, 0.15) is 11.6 Å². The van der Waals surface area contributed by atoms with E-state index in [1.165, 1.54) is 25.3 Å². The van der Waals surface area contributed by atoms with E-state index < -0.39 is 11.8 Å². The van der Waals surface area contributed by atoms with Gasteiger partial charge in [-0.1, -0.05) is 29.3 Å². The summed E-state index contributed by atoms with van der Waals surface area (Å²) < 4.78 is 18.1. The van der Waals surface area contributed by atoms with Gasteiger partial charge in [0.25, 0.3) is 0 Å². The maximum Gasteiger partial charge on any atom is 0.319 e. The summed E-state index contributed by atoms with van der Waals surface area (Å²) in [6.07, 6.45) is 0. The number of rotatable bonds is 4. The Hall–Kier alpha value is -1.98. The average Bonchev–Trinajstić information content (AvgIpc) is 2.46. The van der Waals surface area contributed by atoms with Crippen LogP contribution >= 0.6 is 23.2 Å². The lowest BCUT2D eigenvalue weighted by molar-refractivity contribution is 0.251. The van der Waals surface area contributed by atoms with E-state index in [4.69, 9.17) is 27.9 Å². The van der Waals surface area contributed by atoms with Gasteiger partial charge >= 0.3 is 6.03 Å². The standard InChI is InChI=1S/C15H13Cl2FN2O2/c1-22-14-5-3-10(16)6-13(14)20-15(21)19-8-9-2-4-11(18)7-12(9)17/h2-7H,8H2,1H3,(H2,19,20,21). The molecule has 0 aliphatic carbocycles. The van der Waals surface area contributed by atoms with E-state index in [0.717, 1.165) is 0 Å². The van der Waals surface area contributed by atoms with E-state index in [2.05, 4.69) is 10.6 Å². The first kappa shape index (κ1) is 16.4. The van der Waals surface area contributed by atoms with Crippen LogP contribution < -0.4 is 15.4 Å². The molecule has 2 rings (SSSR count). The van der Waals surface area contributed by atoms with Gasteiger partial charge in [-0.05, 0) is 35.9 Å². The molecule has 0 saturated heterocycles. The molecule has 116 valence electrons. The first-order valence-electron chi connectivity index (χ1n) is 6.32. The highest BCUT2D eigenvalue weighted by Crippen LogP contribution is 2.27. The van der Waals surface area contributed by atoms with Gasteiger partial charge < -0.3 is 15.4 Å². The molecule has 2 N–H and O–H groups in total. The first-order valence-corrected chi connectivity index (χ1v) is 7.07. The fraction of sp³-hybridized carbons (Fsp3) is 0.133. The molecular weight excluding hydrogens is 330 g/mol. The van der Waals surface area contributed by atoms with E-state index in [1.54, 1.807) is 18.2 Å². The van der Waals surface area contributed by atoms with Crippen LogP contribution in [0.3, 0.4) is 0 Å². The number of ether oxygens (including phenoxy) is 1. The van der Waals surface area contributed by atoms with E-state index in [9.17, 15) is 9.18 Å². The highest BCUT2D eigenvalue weighted by molar-refractivity contribution is 6.31. The summed E-state index contributed by atoms with van der Waals surface area (Å²) in [5, 5.41) is 5.97. The topological polar surface area (TPSA) is 50.4 Å². The zero-order valence-electron chi connectivity index (χ0n) is 11.6. The largest absolute Gasteiger partial charge is 0.495 e. The molecule has 0 radical (unpaired) electrons. The van der Waals surface area contributed by atoms with Crippen LogP contribution in [-0.4, -0.2) is 13.1 Å². The predicted octanol–water partition coefficient (Wildman–Crippen LogP) is 4.46. The molecule has 7 heteroatoms. The van der Waals surface area contributed by atoms with Crippen molar-refractivity contribution in [2.45, 2.75) is 6.54 Å². The van der Waals surface area contributed by atoms with Gasteiger partial charge in [-0.25, -0.2) is 9.18 Å². The Balaban J connectivity index is 2.00. The molecule has 4 nitrogen and oxygen atoms in total. The molecular formula is C15H13Cl2FN2O2. The molecule has 0 aromatic heterocycles. The number of urea groups is 1. The summed E-state index contributed by atoms with van der Waals surface area (Å²) >= 11 is 11.8. The minimum absolute atomic E-state index is 0.161. The Morgan fingerprint density at radius 3 is 2.68 bits per heavy atom. The summed E-state index contributed by atoms with van der Waals surface area (Å²) in [5.41, 5.74) is 1.05. The van der Waals surface area contributed by atoms with Crippen molar-refractivity contribution in [2.75, 3.05) is 12.4 Å². The van der Waals surface area contributed by atoms with Crippen molar-refractivity contribution in [1.82, 2.24) is 5.32 Å². The van der Waals surface area contributed by atoms with Crippen molar-refractivity contribution in [2.24, 2.45) is 0 Å². The third-order valence-electron chi connectivity index (χ3n) is 2.86. The minimum Gasteiger partial charge on any atom is -0.495 e. The van der Waals surface area contributed by atoms with Crippen molar-refractivity contribution >= 4 is 34.9 Å². The van der Waals surface area contributed by atoms with Gasteiger partial charge in [-0.2, -0.15) is 0 Å². The number of amides is 2. The number of hydrogen-bond donors (Lipinski definition) is 2. The Labute approximate surface area is 137 Å². The second-order valence-electron chi connectivity index (χ2n) is 4.39. The summed E-state index contributed by atoms with van der Waals surface area (Å²) in [5.74, 6) is 0.0567. The zero-order valence-corrected chi connectivity index (χ0v) is 13.1. The van der Waals surface area contributed by atoms with Gasteiger partial charge in [0.05, 0.1) is 12.8 Å². The molecule has 0 aliphatic heterocycles. The molecule has 2 aromatic rings. The molecule has 0 bridgehead atoms. The Bertz CT molecular complexity index is 695. The number of methoxy groups -OCH3 is 1. The number of carbonyl (C=O) groups excluding carboxylic acids is 1. The molecule has 0 unspecified atom stereocenters. The van der Waals surface area contributed by atoms with E-state index in [-0.39, 0.29) is 11.6 Å². The van der Waals surface area contributed by atoms with Gasteiger partial charge in [0.15, 0.2) is 0 Å². The van der Waals surface area contributed by atoms with E-state index in [1.807, 2.05) is 0 Å². The molecule has 0 saturated carbocycles. The highest BCUT2D eigenvalue weighted by Gasteiger charge is 2.09. The average molecular weight is 343 g/mol. The van der Waals surface area contributed by atoms with Crippen LogP contribution in [0.15, 0.2) is 36.4 Å². The van der Waals surface area contributed by atoms with Crippen LogP contribution in [0.25, 0.3) is 0 Å². The van der Waals surface area contributed by atoms with Gasteiger partial charge in [-0.15, -0.1) is 0 Å². The number of carbonyl (C=O) groups is 1. The number of hydrogen-bond acceptors (Lipinski definition) is 2. The van der Waals surface area contributed by atoms with Gasteiger partial charge in [-0.3, -0.25) is 0 Å². The summed E-state index contributed by atoms with van der Waals surface area (Å²) in [7, 11) is 1.49. The highest BCUT2D eigenvalue weighted by atomic mass is 35.5. The van der Waals surface area contributed by atoms with E-state index >= 15 is 0 Å². The lowest BCUT2D eigenvalue weighted by Crippen LogP contribution is -2.28. The summed E-state index contributed by atoms with van der Waals surface area (Å²) in [6.45, 7) is 0.161. The Morgan fingerprint density at radius 2 is 2.00 bits per heavy atom. The SMILES string of the molecule is COc1ccc(Cl)cc1NC(=O)NCc1ccc(F)cc1Cl. The van der Waals surface area contributed by atoms with Crippen LogP contribution in [0, 0.1) is 5.82 Å². The third-order valence-corrected chi connectivity index (χ3v) is 3.45. The third kappa shape index (κ3) is 4.26. The van der Waals surface area contributed by atoms with Crippen LogP contribution in [0.1, 0.15) is 5.56 Å². The molecule has 0 fully saturated rings. The second kappa shape index (κ2) is 7.33. The van der Waals surface area contributed by atoms with Crippen LogP contribution in [0.5, 0.6) is 5.75 Å². The zero-order chi connectivity index (χ0) is 16.1. The second-order valence-corrected chi connectivity index (χ2v) is 5.23. The van der Waals surface area contributed by atoms with Crippen molar-refractivity contribution < 1.29 is 13.9 Å². The molecule has 0 spiro atoms. The van der Waals surface area contributed by atoms with Crippen LogP contribution in [-0.2, 0) is 6.54 Å². The van der Waals surface area contributed by atoms with E-state index in [0.29, 0.717) is 22.0 Å². The lowest BCUT2D eigenvalue weighted by Gasteiger charge is -2.12. The number of benzene rings is 2. The van der Waals surface area contributed by atoms with Gasteiger partial charge in [0.2, 0.25) is 0 Å². The fourth-order valence-corrected chi connectivity index (χ4v) is 2.19. The quantitative estimate of drug-likeness (QED) is 0.861.